The minimum absolute atomic E-state index is 0.0237. The van der Waals surface area contributed by atoms with Crippen LogP contribution in [0.25, 0.3) is 10.8 Å². The second-order valence-corrected chi connectivity index (χ2v) is 6.60. The van der Waals surface area contributed by atoms with Gasteiger partial charge in [0.05, 0.1) is 26.4 Å². The van der Waals surface area contributed by atoms with E-state index in [0.29, 0.717) is 31.5 Å². The fourth-order valence-corrected chi connectivity index (χ4v) is 3.35. The third kappa shape index (κ3) is 4.10. The van der Waals surface area contributed by atoms with E-state index in [2.05, 4.69) is 39.3 Å². The molecule has 1 aliphatic heterocycles. The maximum absolute atomic E-state index is 6.02. The van der Waals surface area contributed by atoms with Crippen LogP contribution in [0.5, 0.6) is 5.75 Å². The zero-order valence-corrected chi connectivity index (χ0v) is 15.6. The van der Waals surface area contributed by atoms with E-state index in [1.54, 1.807) is 14.2 Å². The fourth-order valence-electron chi connectivity index (χ4n) is 3.35. The number of benzene rings is 2. The molecule has 1 fully saturated rings. The molecule has 1 aliphatic rings. The lowest BCUT2D eigenvalue weighted by atomic mass is 10.0. The van der Waals surface area contributed by atoms with Crippen molar-refractivity contribution in [1.82, 2.24) is 15.0 Å². The van der Waals surface area contributed by atoms with Crippen molar-refractivity contribution in [2.24, 2.45) is 0 Å². The summed E-state index contributed by atoms with van der Waals surface area (Å²) in [6.07, 6.45) is 0.0237. The number of ether oxygens (including phenoxy) is 3. The molecule has 142 valence electrons. The predicted octanol–water partition coefficient (Wildman–Crippen LogP) is 2.95. The van der Waals surface area contributed by atoms with Crippen LogP contribution in [-0.4, -0.2) is 49.0 Å². The van der Waals surface area contributed by atoms with Crippen molar-refractivity contribution in [3.8, 4) is 5.75 Å². The average molecular weight is 369 g/mol. The largest absolute Gasteiger partial charge is 0.497 e. The summed E-state index contributed by atoms with van der Waals surface area (Å²) in [5.74, 6) is 2.04. The Hall–Kier alpha value is -2.48. The van der Waals surface area contributed by atoms with Crippen LogP contribution in [0, 0.1) is 0 Å². The minimum Gasteiger partial charge on any atom is -0.497 e. The molecule has 0 aliphatic carbocycles. The Bertz CT molecular complexity index is 911. The van der Waals surface area contributed by atoms with Crippen LogP contribution in [0.1, 0.15) is 23.4 Å². The first-order chi connectivity index (χ1) is 13.2. The molecule has 3 aromatic rings. The summed E-state index contributed by atoms with van der Waals surface area (Å²) < 4.78 is 21.5. The molecule has 1 atom stereocenters. The molecule has 7 nitrogen and oxygen atoms in total. The van der Waals surface area contributed by atoms with Crippen molar-refractivity contribution in [3.63, 3.8) is 0 Å². The van der Waals surface area contributed by atoms with Gasteiger partial charge >= 0.3 is 0 Å². The number of methoxy groups -OCH3 is 2. The molecule has 27 heavy (non-hydrogen) atoms. The van der Waals surface area contributed by atoms with Crippen molar-refractivity contribution < 1.29 is 18.7 Å². The topological polar surface area (TPSA) is 69.9 Å². The first kappa shape index (κ1) is 17.9. The molecule has 1 saturated heterocycles. The Morgan fingerprint density at radius 1 is 1.15 bits per heavy atom. The van der Waals surface area contributed by atoms with E-state index in [1.165, 1.54) is 10.9 Å². The molecule has 0 bridgehead atoms. The van der Waals surface area contributed by atoms with E-state index in [0.717, 1.165) is 24.2 Å². The van der Waals surface area contributed by atoms with Gasteiger partial charge in [-0.2, -0.15) is 4.98 Å². The highest BCUT2D eigenvalue weighted by atomic mass is 16.5. The van der Waals surface area contributed by atoms with Gasteiger partial charge in [-0.3, -0.25) is 4.90 Å². The zero-order valence-electron chi connectivity index (χ0n) is 15.6. The summed E-state index contributed by atoms with van der Waals surface area (Å²) in [6.45, 7) is 3.28. The summed E-state index contributed by atoms with van der Waals surface area (Å²) in [5.41, 5.74) is 1.17. The van der Waals surface area contributed by atoms with Crippen LogP contribution in [0.15, 0.2) is 40.9 Å². The summed E-state index contributed by atoms with van der Waals surface area (Å²) >= 11 is 0. The van der Waals surface area contributed by atoms with Gasteiger partial charge in [0.15, 0.2) is 5.82 Å². The quantitative estimate of drug-likeness (QED) is 0.661. The van der Waals surface area contributed by atoms with E-state index >= 15 is 0 Å². The lowest BCUT2D eigenvalue weighted by Crippen LogP contribution is -2.38. The number of fused-ring (bicyclic) bond motifs is 1. The molecule has 0 unspecified atom stereocenters. The molecule has 1 aromatic heterocycles. The number of rotatable bonds is 6. The highest BCUT2D eigenvalue weighted by molar-refractivity contribution is 5.84. The molecule has 4 rings (SSSR count). The summed E-state index contributed by atoms with van der Waals surface area (Å²) in [5, 5.41) is 6.36. The maximum atomic E-state index is 6.02. The highest BCUT2D eigenvalue weighted by Gasteiger charge is 2.23. The molecule has 0 radical (unpaired) electrons. The Kier molecular flexibility index (Phi) is 5.33. The summed E-state index contributed by atoms with van der Waals surface area (Å²) in [4.78, 5) is 6.64. The van der Waals surface area contributed by atoms with Gasteiger partial charge in [0, 0.05) is 20.2 Å². The van der Waals surface area contributed by atoms with Gasteiger partial charge in [-0.25, -0.2) is 0 Å². The Morgan fingerprint density at radius 3 is 2.85 bits per heavy atom. The van der Waals surface area contributed by atoms with Crippen LogP contribution in [-0.2, 0) is 22.6 Å². The molecule has 0 N–H and O–H groups in total. The second-order valence-electron chi connectivity index (χ2n) is 6.60. The number of hydrogen-bond donors (Lipinski definition) is 0. The normalized spacial score (nSPS) is 18.1. The monoisotopic (exact) mass is 369 g/mol. The van der Waals surface area contributed by atoms with E-state index in [4.69, 9.17) is 18.7 Å². The molecule has 0 saturated carbocycles. The van der Waals surface area contributed by atoms with Crippen LogP contribution in [0.4, 0.5) is 0 Å². The third-order valence-electron chi connectivity index (χ3n) is 4.74. The number of morpholine rings is 1. The zero-order chi connectivity index (χ0) is 18.6. The smallest absolute Gasteiger partial charge is 0.252 e. The summed E-state index contributed by atoms with van der Waals surface area (Å²) in [6, 6.07) is 12.5. The number of nitrogens with zero attached hydrogens (tertiary/aromatic N) is 3. The fraction of sp³-hybridized carbons (Fsp3) is 0.400. The van der Waals surface area contributed by atoms with Gasteiger partial charge in [-0.05, 0) is 34.5 Å². The third-order valence-corrected chi connectivity index (χ3v) is 4.74. The lowest BCUT2D eigenvalue weighted by molar-refractivity contribution is -0.0337. The number of hydrogen-bond acceptors (Lipinski definition) is 7. The molecule has 2 heterocycles. The first-order valence-corrected chi connectivity index (χ1v) is 8.97. The van der Waals surface area contributed by atoms with E-state index in [1.807, 2.05) is 12.1 Å². The van der Waals surface area contributed by atoms with Gasteiger partial charge in [0.25, 0.3) is 5.89 Å². The molecule has 2 aromatic carbocycles. The highest BCUT2D eigenvalue weighted by Crippen LogP contribution is 2.28. The van der Waals surface area contributed by atoms with Gasteiger partial charge in [-0.15, -0.1) is 0 Å². The van der Waals surface area contributed by atoms with E-state index in [9.17, 15) is 0 Å². The molecule has 0 amide bonds. The molecule has 0 spiro atoms. The van der Waals surface area contributed by atoms with Crippen LogP contribution < -0.4 is 4.74 Å². The predicted molar refractivity (Wildman–Crippen MR) is 99.5 cm³/mol. The lowest BCUT2D eigenvalue weighted by Gasteiger charge is -2.32. The van der Waals surface area contributed by atoms with Crippen LogP contribution in [0.3, 0.4) is 0 Å². The summed E-state index contributed by atoms with van der Waals surface area (Å²) in [7, 11) is 3.29. The molecular formula is C20H23N3O4. The van der Waals surface area contributed by atoms with Crippen LogP contribution >= 0.6 is 0 Å². The van der Waals surface area contributed by atoms with Crippen molar-refractivity contribution in [2.45, 2.75) is 19.3 Å². The first-order valence-electron chi connectivity index (χ1n) is 8.97. The van der Waals surface area contributed by atoms with Gasteiger partial charge in [0.2, 0.25) is 0 Å². The Labute approximate surface area is 157 Å². The maximum Gasteiger partial charge on any atom is 0.252 e. The van der Waals surface area contributed by atoms with E-state index < -0.39 is 0 Å². The van der Waals surface area contributed by atoms with Crippen LogP contribution in [0.2, 0.25) is 0 Å². The molecular weight excluding hydrogens is 346 g/mol. The van der Waals surface area contributed by atoms with Crippen molar-refractivity contribution in [1.29, 1.82) is 0 Å². The second kappa shape index (κ2) is 8.04. The average Bonchev–Trinajstić information content (AvgIpc) is 3.14. The Balaban J connectivity index is 1.46. The SMILES string of the molecule is COCc1nc(CN2CCO[C@@H](c3ccc4cc(OC)ccc4c3)C2)no1. The van der Waals surface area contributed by atoms with E-state index in [-0.39, 0.29) is 6.10 Å². The van der Waals surface area contributed by atoms with Gasteiger partial charge in [0.1, 0.15) is 12.4 Å². The van der Waals surface area contributed by atoms with Crippen molar-refractivity contribution >= 4 is 10.8 Å². The Morgan fingerprint density at radius 2 is 2.00 bits per heavy atom. The van der Waals surface area contributed by atoms with Crippen molar-refractivity contribution in [2.75, 3.05) is 33.9 Å². The number of aromatic nitrogens is 2. The van der Waals surface area contributed by atoms with Gasteiger partial charge < -0.3 is 18.7 Å². The molecule has 7 heteroatoms. The van der Waals surface area contributed by atoms with Gasteiger partial charge in [-0.1, -0.05) is 23.4 Å². The standard InChI is InChI=1S/C20H23N3O4/c1-24-13-20-21-19(22-27-20)12-23-7-8-26-18(11-23)16-4-3-15-10-17(25-2)6-5-14(15)9-16/h3-6,9-10,18H,7-8,11-13H2,1-2H3/t18-/m1/s1. The van der Waals surface area contributed by atoms with Crippen molar-refractivity contribution in [3.05, 3.63) is 53.7 Å². The minimum atomic E-state index is 0.0237.